The van der Waals surface area contributed by atoms with E-state index in [1.54, 1.807) is 19.3 Å². The van der Waals surface area contributed by atoms with E-state index in [0.717, 1.165) is 43.8 Å². The first-order chi connectivity index (χ1) is 13.5. The molecular weight excluding hydrogens is 359 g/mol. The third-order valence-electron chi connectivity index (χ3n) is 6.62. The summed E-state index contributed by atoms with van der Waals surface area (Å²) in [6.07, 6.45) is 4.05. The number of halogens is 1. The molecule has 1 spiro atoms. The quantitative estimate of drug-likeness (QED) is 0.861. The summed E-state index contributed by atoms with van der Waals surface area (Å²) in [4.78, 5) is 14.9. The number of benzene rings is 1. The molecule has 148 valence electrons. The van der Waals surface area contributed by atoms with Crippen molar-refractivity contribution >= 4 is 5.91 Å². The molecule has 1 N–H and O–H groups in total. The van der Waals surface area contributed by atoms with Crippen LogP contribution in [0.2, 0.25) is 0 Å². The molecule has 5 nitrogen and oxygen atoms in total. The highest BCUT2D eigenvalue weighted by Gasteiger charge is 2.62. The minimum absolute atomic E-state index is 0.0813. The van der Waals surface area contributed by atoms with Gasteiger partial charge in [0.05, 0.1) is 24.5 Å². The SMILES string of the molecule is Cc1cc(F)cc(C(=O)NC[C@H]2[C@H]3CN(Cc4ccco4)C[C@]34CC[C@H]2O4)c1. The third-order valence-corrected chi connectivity index (χ3v) is 6.62. The van der Waals surface area contributed by atoms with Crippen molar-refractivity contribution in [2.75, 3.05) is 19.6 Å². The van der Waals surface area contributed by atoms with Gasteiger partial charge >= 0.3 is 0 Å². The Labute approximate surface area is 163 Å². The van der Waals surface area contributed by atoms with Crippen LogP contribution < -0.4 is 5.32 Å². The average Bonchev–Trinajstić information content (AvgIpc) is 3.40. The maximum atomic E-state index is 13.6. The Morgan fingerprint density at radius 2 is 2.29 bits per heavy atom. The van der Waals surface area contributed by atoms with Crippen LogP contribution in [0.15, 0.2) is 41.0 Å². The zero-order valence-electron chi connectivity index (χ0n) is 16.0. The van der Waals surface area contributed by atoms with Crippen molar-refractivity contribution < 1.29 is 18.3 Å². The van der Waals surface area contributed by atoms with Gasteiger partial charge in [-0.3, -0.25) is 9.69 Å². The normalized spacial score (nSPS) is 31.3. The molecule has 1 aromatic carbocycles. The van der Waals surface area contributed by atoms with Gasteiger partial charge in [-0.25, -0.2) is 4.39 Å². The number of ether oxygens (including phenoxy) is 1. The van der Waals surface area contributed by atoms with E-state index in [4.69, 9.17) is 9.15 Å². The molecule has 4 heterocycles. The summed E-state index contributed by atoms with van der Waals surface area (Å²) in [5.74, 6) is 1.09. The number of carbonyl (C=O) groups is 1. The summed E-state index contributed by atoms with van der Waals surface area (Å²) in [5.41, 5.74) is 1.04. The number of hydrogen-bond acceptors (Lipinski definition) is 4. The van der Waals surface area contributed by atoms with Gasteiger partial charge in [-0.1, -0.05) is 0 Å². The molecule has 1 amide bonds. The van der Waals surface area contributed by atoms with Gasteiger partial charge in [0.1, 0.15) is 11.6 Å². The van der Waals surface area contributed by atoms with Gasteiger partial charge in [-0.15, -0.1) is 0 Å². The lowest BCUT2D eigenvalue weighted by molar-refractivity contribution is 0.00167. The minimum Gasteiger partial charge on any atom is -0.468 e. The number of aryl methyl sites for hydroxylation is 1. The molecule has 5 rings (SSSR count). The molecule has 3 fully saturated rings. The van der Waals surface area contributed by atoms with Gasteiger partial charge < -0.3 is 14.5 Å². The average molecular weight is 384 g/mol. The lowest BCUT2D eigenvalue weighted by atomic mass is 9.73. The number of nitrogens with one attached hydrogen (secondary N) is 1. The van der Waals surface area contributed by atoms with Crippen molar-refractivity contribution in [2.24, 2.45) is 11.8 Å². The Bertz CT molecular complexity index is 864. The molecule has 0 saturated carbocycles. The van der Waals surface area contributed by atoms with Gasteiger partial charge in [0.15, 0.2) is 0 Å². The van der Waals surface area contributed by atoms with Gasteiger partial charge in [0, 0.05) is 37.0 Å². The van der Waals surface area contributed by atoms with E-state index in [2.05, 4.69) is 10.2 Å². The summed E-state index contributed by atoms with van der Waals surface area (Å²) in [6, 6.07) is 8.36. The molecule has 0 unspecified atom stereocenters. The summed E-state index contributed by atoms with van der Waals surface area (Å²) in [6.45, 7) is 5.03. The predicted molar refractivity (Wildman–Crippen MR) is 101 cm³/mol. The Balaban J connectivity index is 1.25. The van der Waals surface area contributed by atoms with Crippen LogP contribution in [-0.2, 0) is 11.3 Å². The first-order valence-electron chi connectivity index (χ1n) is 10.0. The summed E-state index contributed by atoms with van der Waals surface area (Å²) < 4.78 is 25.5. The Morgan fingerprint density at radius 3 is 3.07 bits per heavy atom. The Hall–Kier alpha value is -2.18. The number of nitrogens with zero attached hydrogens (tertiary/aromatic N) is 1. The molecule has 0 aliphatic carbocycles. The van der Waals surface area contributed by atoms with Crippen molar-refractivity contribution in [3.05, 3.63) is 59.3 Å². The molecule has 4 atom stereocenters. The Morgan fingerprint density at radius 1 is 1.39 bits per heavy atom. The fourth-order valence-electron chi connectivity index (χ4n) is 5.48. The maximum Gasteiger partial charge on any atom is 0.251 e. The largest absolute Gasteiger partial charge is 0.468 e. The smallest absolute Gasteiger partial charge is 0.251 e. The van der Waals surface area contributed by atoms with Crippen LogP contribution in [0.1, 0.15) is 34.5 Å². The lowest BCUT2D eigenvalue weighted by Crippen LogP contribution is -2.41. The molecule has 28 heavy (non-hydrogen) atoms. The van der Waals surface area contributed by atoms with Crippen molar-refractivity contribution in [1.29, 1.82) is 0 Å². The van der Waals surface area contributed by atoms with Crippen LogP contribution >= 0.6 is 0 Å². The molecular formula is C22H25FN2O3. The fourth-order valence-corrected chi connectivity index (χ4v) is 5.48. The molecule has 2 aromatic rings. The van der Waals surface area contributed by atoms with E-state index >= 15 is 0 Å². The third kappa shape index (κ3) is 3.05. The number of furan rings is 1. The maximum absolute atomic E-state index is 13.6. The van der Waals surface area contributed by atoms with Gasteiger partial charge in [0.25, 0.3) is 5.91 Å². The number of carbonyl (C=O) groups excluding carboxylic acids is 1. The number of likely N-dealkylation sites (tertiary alicyclic amines) is 1. The number of rotatable bonds is 5. The molecule has 0 radical (unpaired) electrons. The fraction of sp³-hybridized carbons (Fsp3) is 0.500. The number of amides is 1. The zero-order chi connectivity index (χ0) is 19.3. The van der Waals surface area contributed by atoms with Gasteiger partial charge in [-0.05, 0) is 55.7 Å². The van der Waals surface area contributed by atoms with Crippen molar-refractivity contribution in [3.8, 4) is 0 Å². The van der Waals surface area contributed by atoms with E-state index in [9.17, 15) is 9.18 Å². The number of hydrogen-bond donors (Lipinski definition) is 1. The van der Waals surface area contributed by atoms with Crippen LogP contribution in [0.4, 0.5) is 4.39 Å². The standard InChI is InChI=1S/C22H25FN2O3/c1-14-7-15(9-16(23)8-14)21(26)24-10-18-19-12-25(11-17-3-2-6-27-17)13-22(19)5-4-20(18)28-22/h2-3,6-9,18-20H,4-5,10-13H2,1H3,(H,24,26)/t18-,19+,20+,22+/m0/s1. The lowest BCUT2D eigenvalue weighted by Gasteiger charge is -2.29. The summed E-state index contributed by atoms with van der Waals surface area (Å²) in [7, 11) is 0. The minimum atomic E-state index is -0.378. The highest BCUT2D eigenvalue weighted by molar-refractivity contribution is 5.94. The summed E-state index contributed by atoms with van der Waals surface area (Å²) >= 11 is 0. The van der Waals surface area contributed by atoms with E-state index in [1.165, 1.54) is 12.1 Å². The van der Waals surface area contributed by atoms with Crippen molar-refractivity contribution in [3.63, 3.8) is 0 Å². The zero-order valence-corrected chi connectivity index (χ0v) is 16.0. The first-order valence-corrected chi connectivity index (χ1v) is 10.0. The molecule has 3 saturated heterocycles. The van der Waals surface area contributed by atoms with E-state index in [1.807, 2.05) is 12.1 Å². The summed E-state index contributed by atoms with van der Waals surface area (Å²) in [5, 5.41) is 3.03. The monoisotopic (exact) mass is 384 g/mol. The van der Waals surface area contributed by atoms with Crippen LogP contribution in [0.25, 0.3) is 0 Å². The van der Waals surface area contributed by atoms with E-state index < -0.39 is 0 Å². The molecule has 2 bridgehead atoms. The first kappa shape index (κ1) is 17.9. The second-order valence-corrected chi connectivity index (χ2v) is 8.51. The van der Waals surface area contributed by atoms with Crippen molar-refractivity contribution in [1.82, 2.24) is 10.2 Å². The predicted octanol–water partition coefficient (Wildman–Crippen LogP) is 3.14. The van der Waals surface area contributed by atoms with Gasteiger partial charge in [0.2, 0.25) is 0 Å². The number of fused-ring (bicyclic) bond motifs is 1. The van der Waals surface area contributed by atoms with E-state index in [0.29, 0.717) is 23.9 Å². The van der Waals surface area contributed by atoms with Crippen molar-refractivity contribution in [2.45, 2.75) is 38.0 Å². The molecule has 3 aliphatic heterocycles. The van der Waals surface area contributed by atoms with E-state index in [-0.39, 0.29) is 23.4 Å². The highest BCUT2D eigenvalue weighted by atomic mass is 19.1. The highest BCUT2D eigenvalue weighted by Crippen LogP contribution is 2.54. The van der Waals surface area contributed by atoms with Crippen LogP contribution in [-0.4, -0.2) is 42.1 Å². The topological polar surface area (TPSA) is 54.7 Å². The molecule has 3 aliphatic rings. The second-order valence-electron chi connectivity index (χ2n) is 8.51. The molecule has 1 aromatic heterocycles. The Kier molecular flexibility index (Phi) is 4.29. The second kappa shape index (κ2) is 6.71. The molecule has 6 heteroatoms. The van der Waals surface area contributed by atoms with Crippen LogP contribution in [0.3, 0.4) is 0 Å². The van der Waals surface area contributed by atoms with Crippen LogP contribution in [0, 0.1) is 24.6 Å². The van der Waals surface area contributed by atoms with Gasteiger partial charge in [-0.2, -0.15) is 0 Å². The van der Waals surface area contributed by atoms with Crippen LogP contribution in [0.5, 0.6) is 0 Å².